The van der Waals surface area contributed by atoms with Crippen LogP contribution in [0.3, 0.4) is 0 Å². The molecule has 2 aliphatic rings. The Balaban J connectivity index is 1.40. The van der Waals surface area contributed by atoms with E-state index in [-0.39, 0.29) is 17.4 Å². The molecular formula is C20H17FN4O3S. The molecule has 0 bridgehead atoms. The molecule has 1 amide bonds. The lowest BCUT2D eigenvalue weighted by Gasteiger charge is -2.36. The third-order valence-corrected chi connectivity index (χ3v) is 5.80. The second-order valence-electron chi connectivity index (χ2n) is 6.58. The monoisotopic (exact) mass is 412 g/mol. The number of anilines is 1. The molecule has 4 rings (SSSR count). The van der Waals surface area contributed by atoms with Gasteiger partial charge in [0.15, 0.2) is 5.17 Å². The van der Waals surface area contributed by atoms with Gasteiger partial charge in [-0.15, -0.1) is 0 Å². The molecule has 2 aliphatic heterocycles. The Morgan fingerprint density at radius 2 is 1.69 bits per heavy atom. The first-order valence-corrected chi connectivity index (χ1v) is 9.84. The van der Waals surface area contributed by atoms with Crippen LogP contribution in [-0.2, 0) is 4.79 Å². The molecule has 29 heavy (non-hydrogen) atoms. The highest BCUT2D eigenvalue weighted by atomic mass is 32.2. The van der Waals surface area contributed by atoms with Crippen molar-refractivity contribution in [2.45, 2.75) is 0 Å². The summed E-state index contributed by atoms with van der Waals surface area (Å²) < 4.78 is 14.0. The zero-order chi connectivity index (χ0) is 20.4. The van der Waals surface area contributed by atoms with Crippen LogP contribution in [0.25, 0.3) is 6.08 Å². The fourth-order valence-electron chi connectivity index (χ4n) is 3.22. The van der Waals surface area contributed by atoms with Crippen molar-refractivity contribution in [2.75, 3.05) is 31.1 Å². The number of nitrogens with zero attached hydrogens (tertiary/aromatic N) is 4. The lowest BCUT2D eigenvalue weighted by atomic mass is 10.2. The summed E-state index contributed by atoms with van der Waals surface area (Å²) in [6, 6.07) is 12.7. The Hall–Kier alpha value is -3.20. The number of carbonyl (C=O) groups is 1. The summed E-state index contributed by atoms with van der Waals surface area (Å²) in [5.41, 5.74) is 1.29. The molecule has 2 aromatic rings. The van der Waals surface area contributed by atoms with Crippen LogP contribution in [0.2, 0.25) is 0 Å². The number of nitro benzene ring substituents is 1. The zero-order valence-corrected chi connectivity index (χ0v) is 16.1. The van der Waals surface area contributed by atoms with Crippen LogP contribution < -0.4 is 4.90 Å². The molecule has 1 saturated heterocycles. The van der Waals surface area contributed by atoms with Crippen LogP contribution in [-0.4, -0.2) is 47.1 Å². The van der Waals surface area contributed by atoms with E-state index in [1.807, 2.05) is 15.9 Å². The summed E-state index contributed by atoms with van der Waals surface area (Å²) >= 11 is 1.29. The van der Waals surface area contributed by atoms with E-state index in [2.05, 4.69) is 4.99 Å². The van der Waals surface area contributed by atoms with E-state index in [0.29, 0.717) is 47.5 Å². The van der Waals surface area contributed by atoms with Gasteiger partial charge in [-0.1, -0.05) is 12.1 Å². The maximum Gasteiger partial charge on any atom is 0.286 e. The number of non-ortho nitro benzene ring substituents is 1. The first kappa shape index (κ1) is 19.1. The molecule has 0 unspecified atom stereocenters. The number of thioether (sulfide) groups is 1. The van der Waals surface area contributed by atoms with Crippen molar-refractivity contribution in [3.63, 3.8) is 0 Å². The minimum absolute atomic E-state index is 0.00205. The number of aliphatic imine (C=N–C) groups is 1. The van der Waals surface area contributed by atoms with Crippen molar-refractivity contribution >= 4 is 40.3 Å². The number of amides is 1. The number of carbonyl (C=O) groups excluding carboxylic acids is 1. The van der Waals surface area contributed by atoms with Gasteiger partial charge in [0.1, 0.15) is 5.82 Å². The predicted octanol–water partition coefficient (Wildman–Crippen LogP) is 3.53. The number of halogens is 1. The van der Waals surface area contributed by atoms with E-state index in [9.17, 15) is 19.3 Å². The summed E-state index contributed by atoms with van der Waals surface area (Å²) in [5.74, 6) is -0.558. The molecule has 0 atom stereocenters. The maximum atomic E-state index is 14.0. The number of amidine groups is 1. The quantitative estimate of drug-likeness (QED) is 0.436. The topological polar surface area (TPSA) is 79.0 Å². The summed E-state index contributed by atoms with van der Waals surface area (Å²) in [7, 11) is 0. The van der Waals surface area contributed by atoms with Crippen LogP contribution >= 0.6 is 11.8 Å². The van der Waals surface area contributed by atoms with Crippen LogP contribution in [0.5, 0.6) is 0 Å². The van der Waals surface area contributed by atoms with Gasteiger partial charge < -0.3 is 9.80 Å². The molecule has 0 aliphatic carbocycles. The van der Waals surface area contributed by atoms with E-state index < -0.39 is 4.92 Å². The fourth-order valence-corrected chi connectivity index (χ4v) is 4.19. The van der Waals surface area contributed by atoms with Gasteiger partial charge in [-0.25, -0.2) is 4.39 Å². The molecule has 0 spiro atoms. The SMILES string of the molecule is O=C1N=C(N2CCN(c3ccccc3F)CC2)S/C1=C\c1ccc([N+](=O)[O-])cc1. The van der Waals surface area contributed by atoms with Gasteiger partial charge in [0.05, 0.1) is 15.5 Å². The van der Waals surface area contributed by atoms with E-state index in [4.69, 9.17) is 0 Å². The third-order valence-electron chi connectivity index (χ3n) is 4.75. The van der Waals surface area contributed by atoms with Crippen LogP contribution in [0.4, 0.5) is 15.8 Å². The van der Waals surface area contributed by atoms with Crippen molar-refractivity contribution in [1.82, 2.24) is 4.90 Å². The average molecular weight is 412 g/mol. The highest BCUT2D eigenvalue weighted by Crippen LogP contribution is 2.31. The van der Waals surface area contributed by atoms with Gasteiger partial charge in [-0.05, 0) is 47.7 Å². The Morgan fingerprint density at radius 1 is 1.03 bits per heavy atom. The molecule has 0 radical (unpaired) electrons. The number of hydrogen-bond donors (Lipinski definition) is 0. The smallest absolute Gasteiger partial charge is 0.286 e. The van der Waals surface area contributed by atoms with E-state index in [1.165, 1.54) is 30.0 Å². The molecule has 0 N–H and O–H groups in total. The van der Waals surface area contributed by atoms with Gasteiger partial charge >= 0.3 is 0 Å². The summed E-state index contributed by atoms with van der Waals surface area (Å²) in [5, 5.41) is 11.4. The van der Waals surface area contributed by atoms with Gasteiger partial charge in [-0.3, -0.25) is 14.9 Å². The highest BCUT2D eigenvalue weighted by Gasteiger charge is 2.29. The standard InChI is InChI=1S/C20H17FN4O3S/c21-16-3-1-2-4-17(16)23-9-11-24(12-10-23)20-22-19(26)18(29-20)13-14-5-7-15(8-6-14)25(27)28/h1-8,13H,9-12H2/b18-13-. The second kappa shape index (κ2) is 8.04. The molecule has 148 valence electrons. The fraction of sp³-hybridized carbons (Fsp3) is 0.200. The predicted molar refractivity (Wildman–Crippen MR) is 111 cm³/mol. The largest absolute Gasteiger partial charge is 0.366 e. The Labute approximate surface area is 170 Å². The van der Waals surface area contributed by atoms with Crippen LogP contribution in [0.1, 0.15) is 5.56 Å². The summed E-state index contributed by atoms with van der Waals surface area (Å²) in [4.78, 5) is 31.2. The van der Waals surface area contributed by atoms with Crippen molar-refractivity contribution in [3.05, 3.63) is 74.9 Å². The molecule has 0 saturated carbocycles. The average Bonchev–Trinajstić information content (AvgIpc) is 3.09. The van der Waals surface area contributed by atoms with Crippen molar-refractivity contribution in [2.24, 2.45) is 4.99 Å². The molecule has 9 heteroatoms. The number of nitro groups is 1. The first-order valence-electron chi connectivity index (χ1n) is 9.03. The van der Waals surface area contributed by atoms with Gasteiger partial charge in [0.2, 0.25) is 0 Å². The Kier molecular flexibility index (Phi) is 5.30. The number of hydrogen-bond acceptors (Lipinski definition) is 6. The maximum absolute atomic E-state index is 14.0. The molecule has 7 nitrogen and oxygen atoms in total. The van der Waals surface area contributed by atoms with Crippen molar-refractivity contribution in [3.8, 4) is 0 Å². The number of rotatable bonds is 3. The lowest BCUT2D eigenvalue weighted by molar-refractivity contribution is -0.384. The van der Waals surface area contributed by atoms with E-state index in [0.717, 1.165) is 0 Å². The van der Waals surface area contributed by atoms with E-state index >= 15 is 0 Å². The molecule has 2 aromatic carbocycles. The minimum Gasteiger partial charge on any atom is -0.366 e. The minimum atomic E-state index is -0.464. The van der Waals surface area contributed by atoms with Crippen LogP contribution in [0, 0.1) is 15.9 Å². The van der Waals surface area contributed by atoms with Gasteiger partial charge in [0, 0.05) is 38.3 Å². The Bertz CT molecular complexity index is 1010. The normalized spacial score (nSPS) is 18.3. The molecule has 0 aromatic heterocycles. The first-order chi connectivity index (χ1) is 14.0. The Morgan fingerprint density at radius 3 is 2.34 bits per heavy atom. The summed E-state index contributed by atoms with van der Waals surface area (Å²) in [6.45, 7) is 2.54. The molecule has 2 heterocycles. The second-order valence-corrected chi connectivity index (χ2v) is 7.59. The number of para-hydroxylation sites is 1. The third kappa shape index (κ3) is 4.14. The zero-order valence-electron chi connectivity index (χ0n) is 15.3. The molecule has 1 fully saturated rings. The van der Waals surface area contributed by atoms with Crippen molar-refractivity contribution < 1.29 is 14.1 Å². The van der Waals surface area contributed by atoms with E-state index in [1.54, 1.807) is 30.3 Å². The lowest BCUT2D eigenvalue weighted by Crippen LogP contribution is -2.48. The van der Waals surface area contributed by atoms with Crippen LogP contribution in [0.15, 0.2) is 58.4 Å². The van der Waals surface area contributed by atoms with Crippen molar-refractivity contribution in [1.29, 1.82) is 0 Å². The van der Waals surface area contributed by atoms with Gasteiger partial charge in [0.25, 0.3) is 11.6 Å². The van der Waals surface area contributed by atoms with Gasteiger partial charge in [-0.2, -0.15) is 4.99 Å². The highest BCUT2D eigenvalue weighted by molar-refractivity contribution is 8.18. The summed E-state index contributed by atoms with van der Waals surface area (Å²) in [6.07, 6.45) is 1.68. The number of benzene rings is 2. The number of piperazine rings is 1. The molecular weight excluding hydrogens is 395 g/mol.